The SMILES string of the molecule is CCC(=O)c1sc(-c2ccoc2)c(C)c1-c1ccc(S(N)(=O)=O)cc1. The first-order valence-electron chi connectivity index (χ1n) is 7.65. The third-order valence-corrected chi connectivity index (χ3v) is 6.29. The molecule has 0 saturated heterocycles. The number of primary sulfonamides is 1. The third-order valence-electron chi connectivity index (χ3n) is 3.98. The van der Waals surface area contributed by atoms with Crippen LogP contribution in [0.5, 0.6) is 0 Å². The molecule has 1 aromatic carbocycles. The molecule has 0 aliphatic rings. The zero-order chi connectivity index (χ0) is 18.2. The van der Waals surface area contributed by atoms with Gasteiger partial charge in [-0.2, -0.15) is 0 Å². The van der Waals surface area contributed by atoms with Gasteiger partial charge in [-0.3, -0.25) is 4.79 Å². The van der Waals surface area contributed by atoms with E-state index in [1.807, 2.05) is 19.9 Å². The van der Waals surface area contributed by atoms with E-state index < -0.39 is 10.0 Å². The smallest absolute Gasteiger partial charge is 0.238 e. The van der Waals surface area contributed by atoms with Crippen LogP contribution in [0.4, 0.5) is 0 Å². The summed E-state index contributed by atoms with van der Waals surface area (Å²) < 4.78 is 28.0. The normalized spacial score (nSPS) is 11.6. The molecule has 0 amide bonds. The van der Waals surface area contributed by atoms with Crippen molar-refractivity contribution in [1.29, 1.82) is 0 Å². The number of ketones is 1. The Morgan fingerprint density at radius 3 is 2.36 bits per heavy atom. The average molecular weight is 375 g/mol. The molecule has 5 nitrogen and oxygen atoms in total. The van der Waals surface area contributed by atoms with Crippen LogP contribution in [0, 0.1) is 6.92 Å². The van der Waals surface area contributed by atoms with Crippen molar-refractivity contribution in [3.05, 3.63) is 53.3 Å². The summed E-state index contributed by atoms with van der Waals surface area (Å²) in [7, 11) is -3.75. The van der Waals surface area contributed by atoms with Crippen molar-refractivity contribution in [2.75, 3.05) is 0 Å². The van der Waals surface area contributed by atoms with Gasteiger partial charge in [0.1, 0.15) is 0 Å². The maximum Gasteiger partial charge on any atom is 0.238 e. The lowest BCUT2D eigenvalue weighted by Crippen LogP contribution is -2.11. The molecule has 2 N–H and O–H groups in total. The molecule has 0 spiro atoms. The van der Waals surface area contributed by atoms with Crippen molar-refractivity contribution in [3.63, 3.8) is 0 Å². The molecule has 3 rings (SSSR count). The van der Waals surface area contributed by atoms with Gasteiger partial charge in [0.05, 0.1) is 22.3 Å². The zero-order valence-corrected chi connectivity index (χ0v) is 15.4. The second-order valence-corrected chi connectivity index (χ2v) is 8.20. The molecule has 130 valence electrons. The van der Waals surface area contributed by atoms with E-state index in [0.29, 0.717) is 11.3 Å². The van der Waals surface area contributed by atoms with Crippen molar-refractivity contribution in [1.82, 2.24) is 0 Å². The van der Waals surface area contributed by atoms with Gasteiger partial charge in [0.25, 0.3) is 0 Å². The lowest BCUT2D eigenvalue weighted by molar-refractivity contribution is 0.0992. The Balaban J connectivity index is 2.19. The lowest BCUT2D eigenvalue weighted by atomic mass is 9.98. The van der Waals surface area contributed by atoms with E-state index in [2.05, 4.69) is 0 Å². The van der Waals surface area contributed by atoms with Crippen molar-refractivity contribution in [2.45, 2.75) is 25.2 Å². The monoisotopic (exact) mass is 375 g/mol. The highest BCUT2D eigenvalue weighted by atomic mass is 32.2. The number of hydrogen-bond acceptors (Lipinski definition) is 5. The molecule has 3 aromatic rings. The standard InChI is InChI=1S/C18H17NO4S2/c1-3-15(20)18-16(11(2)17(24-18)13-8-9-23-10-13)12-4-6-14(7-5-12)25(19,21)22/h4-10H,3H2,1-2H3,(H2,19,21,22). The molecule has 0 aliphatic carbocycles. The van der Waals surface area contributed by atoms with Crippen LogP contribution < -0.4 is 5.14 Å². The zero-order valence-electron chi connectivity index (χ0n) is 13.8. The minimum atomic E-state index is -3.75. The fourth-order valence-electron chi connectivity index (χ4n) is 2.70. The number of furan rings is 1. The summed E-state index contributed by atoms with van der Waals surface area (Å²) in [6.45, 7) is 3.77. The van der Waals surface area contributed by atoms with Crippen LogP contribution in [-0.4, -0.2) is 14.2 Å². The summed E-state index contributed by atoms with van der Waals surface area (Å²) in [5.74, 6) is 0.0494. The summed E-state index contributed by atoms with van der Waals surface area (Å²) in [6, 6.07) is 8.13. The van der Waals surface area contributed by atoms with Crippen molar-refractivity contribution >= 4 is 27.1 Å². The third kappa shape index (κ3) is 3.30. The Hall–Kier alpha value is -2.22. The van der Waals surface area contributed by atoms with Crippen LogP contribution in [0.1, 0.15) is 28.6 Å². The van der Waals surface area contributed by atoms with Gasteiger partial charge in [0.15, 0.2) is 5.78 Å². The number of sulfonamides is 1. The quantitative estimate of drug-likeness (QED) is 0.676. The number of nitrogens with two attached hydrogens (primary N) is 1. The first kappa shape index (κ1) is 17.6. The van der Waals surface area contributed by atoms with Crippen molar-refractivity contribution in [3.8, 4) is 21.6 Å². The van der Waals surface area contributed by atoms with Gasteiger partial charge >= 0.3 is 0 Å². The van der Waals surface area contributed by atoms with E-state index in [1.54, 1.807) is 24.7 Å². The van der Waals surface area contributed by atoms with Gasteiger partial charge in [-0.1, -0.05) is 19.1 Å². The van der Waals surface area contributed by atoms with Crippen LogP contribution in [0.3, 0.4) is 0 Å². The molecule has 0 aliphatic heterocycles. The highest BCUT2D eigenvalue weighted by Crippen LogP contribution is 2.42. The first-order chi connectivity index (χ1) is 11.8. The molecule has 0 fully saturated rings. The minimum absolute atomic E-state index is 0.0440. The number of carbonyl (C=O) groups excluding carboxylic acids is 1. The second-order valence-electron chi connectivity index (χ2n) is 5.62. The summed E-state index contributed by atoms with van der Waals surface area (Å²) in [6.07, 6.45) is 3.64. The number of hydrogen-bond donors (Lipinski definition) is 1. The molecule has 0 bridgehead atoms. The summed E-state index contributed by atoms with van der Waals surface area (Å²) >= 11 is 1.43. The fourth-order valence-corrected chi connectivity index (χ4v) is 4.54. The fraction of sp³-hybridized carbons (Fsp3) is 0.167. The maximum atomic E-state index is 12.4. The Morgan fingerprint density at radius 1 is 1.16 bits per heavy atom. The van der Waals surface area contributed by atoms with E-state index >= 15 is 0 Å². The highest BCUT2D eigenvalue weighted by Gasteiger charge is 2.22. The summed E-state index contributed by atoms with van der Waals surface area (Å²) in [4.78, 5) is 14.1. The second kappa shape index (κ2) is 6.59. The topological polar surface area (TPSA) is 90.4 Å². The lowest BCUT2D eigenvalue weighted by Gasteiger charge is -2.06. The summed E-state index contributed by atoms with van der Waals surface area (Å²) in [5, 5.41) is 5.15. The predicted molar refractivity (Wildman–Crippen MR) is 98.2 cm³/mol. The number of benzene rings is 1. The molecule has 25 heavy (non-hydrogen) atoms. The van der Waals surface area contributed by atoms with Gasteiger partial charge in [-0.05, 0) is 36.2 Å². The van der Waals surface area contributed by atoms with E-state index in [1.165, 1.54) is 23.5 Å². The molecule has 0 radical (unpaired) electrons. The van der Waals surface area contributed by atoms with Gasteiger partial charge in [0, 0.05) is 22.4 Å². The number of thiophene rings is 1. The molecule has 2 heterocycles. The Morgan fingerprint density at radius 2 is 1.84 bits per heavy atom. The molecule has 7 heteroatoms. The van der Waals surface area contributed by atoms with E-state index in [4.69, 9.17) is 9.56 Å². The van der Waals surface area contributed by atoms with Crippen LogP contribution in [0.2, 0.25) is 0 Å². The average Bonchev–Trinajstić information content (AvgIpc) is 3.21. The van der Waals surface area contributed by atoms with Crippen LogP contribution in [-0.2, 0) is 10.0 Å². The molecule has 0 saturated carbocycles. The van der Waals surface area contributed by atoms with Crippen LogP contribution >= 0.6 is 11.3 Å². The number of Topliss-reactive ketones (excluding diaryl/α,β-unsaturated/α-hetero) is 1. The predicted octanol–water partition coefficient (Wildman–Crippen LogP) is 4.22. The van der Waals surface area contributed by atoms with E-state index in [9.17, 15) is 13.2 Å². The number of carbonyl (C=O) groups is 1. The largest absolute Gasteiger partial charge is 0.472 e. The summed E-state index contributed by atoms with van der Waals surface area (Å²) in [5.41, 5.74) is 3.49. The van der Waals surface area contributed by atoms with Gasteiger partial charge < -0.3 is 4.42 Å². The Bertz CT molecular complexity index is 1010. The molecule has 0 atom stereocenters. The van der Waals surface area contributed by atoms with E-state index in [-0.39, 0.29) is 10.7 Å². The minimum Gasteiger partial charge on any atom is -0.472 e. The molecule has 0 unspecified atom stereocenters. The molecular weight excluding hydrogens is 358 g/mol. The van der Waals surface area contributed by atoms with Crippen molar-refractivity contribution < 1.29 is 17.6 Å². The Kier molecular flexibility index (Phi) is 4.64. The number of rotatable bonds is 5. The van der Waals surface area contributed by atoms with Gasteiger partial charge in [-0.15, -0.1) is 11.3 Å². The van der Waals surface area contributed by atoms with Gasteiger partial charge in [-0.25, -0.2) is 13.6 Å². The molecular formula is C18H17NO4S2. The van der Waals surface area contributed by atoms with Gasteiger partial charge in [0.2, 0.25) is 10.0 Å². The molecule has 2 aromatic heterocycles. The van der Waals surface area contributed by atoms with Crippen molar-refractivity contribution in [2.24, 2.45) is 5.14 Å². The van der Waals surface area contributed by atoms with Crippen LogP contribution in [0.25, 0.3) is 21.6 Å². The van der Waals surface area contributed by atoms with E-state index in [0.717, 1.165) is 27.1 Å². The van der Waals surface area contributed by atoms with Crippen LogP contribution in [0.15, 0.2) is 52.2 Å². The highest BCUT2D eigenvalue weighted by molar-refractivity contribution is 7.89. The Labute approximate surface area is 150 Å². The maximum absolute atomic E-state index is 12.4. The first-order valence-corrected chi connectivity index (χ1v) is 10.0.